The average molecular weight is 136 g/mol. The maximum Gasteiger partial charge on any atom is 0.146 e. The molecule has 0 fully saturated rings. The highest BCUT2D eigenvalue weighted by Gasteiger charge is 2.05. The maximum atomic E-state index is 10.3. The molecular weight excluding hydrogens is 124 g/mol. The summed E-state index contributed by atoms with van der Waals surface area (Å²) in [4.78, 5) is 10.3. The summed E-state index contributed by atoms with van der Waals surface area (Å²) in [6, 6.07) is 0. The van der Waals surface area contributed by atoms with Gasteiger partial charge in [-0.15, -0.1) is 0 Å². The molecule has 0 saturated heterocycles. The van der Waals surface area contributed by atoms with Crippen molar-refractivity contribution in [1.82, 2.24) is 0 Å². The Hall–Kier alpha value is -0.850. The van der Waals surface area contributed by atoms with Crippen molar-refractivity contribution >= 4 is 6.29 Å². The molecule has 0 heterocycles. The third-order valence-corrected chi connectivity index (χ3v) is 2.02. The minimum atomic E-state index is 0.856. The predicted octanol–water partition coefficient (Wildman–Crippen LogP) is 2.24. The minimum absolute atomic E-state index is 0.856. The molecule has 0 aliphatic heterocycles. The summed E-state index contributed by atoms with van der Waals surface area (Å²) in [7, 11) is 0. The van der Waals surface area contributed by atoms with Gasteiger partial charge in [-0.1, -0.05) is 17.2 Å². The van der Waals surface area contributed by atoms with E-state index in [1.165, 1.54) is 11.1 Å². The van der Waals surface area contributed by atoms with Gasteiger partial charge >= 0.3 is 0 Å². The van der Waals surface area contributed by atoms with Crippen molar-refractivity contribution in [3.8, 4) is 0 Å². The Balaban J connectivity index is 2.72. The largest absolute Gasteiger partial charge is 0.298 e. The van der Waals surface area contributed by atoms with E-state index in [2.05, 4.69) is 13.8 Å². The van der Waals surface area contributed by atoms with Crippen molar-refractivity contribution in [3.05, 3.63) is 22.8 Å². The second-order valence-electron chi connectivity index (χ2n) is 2.84. The first-order valence-corrected chi connectivity index (χ1v) is 3.53. The van der Waals surface area contributed by atoms with Gasteiger partial charge in [0.2, 0.25) is 0 Å². The Bertz CT molecular complexity index is 209. The van der Waals surface area contributed by atoms with Crippen LogP contribution in [-0.2, 0) is 4.79 Å². The molecular formula is C9H12O. The Morgan fingerprint density at radius 2 is 2.10 bits per heavy atom. The van der Waals surface area contributed by atoms with E-state index in [1.54, 1.807) is 0 Å². The Morgan fingerprint density at radius 1 is 1.40 bits per heavy atom. The zero-order valence-corrected chi connectivity index (χ0v) is 6.48. The molecule has 54 valence electrons. The molecule has 0 atom stereocenters. The SMILES string of the molecule is CC1=C(C)CC(C=O)=CC1. The number of carbonyl (C=O) groups excluding carboxylic acids is 1. The van der Waals surface area contributed by atoms with Crippen LogP contribution >= 0.6 is 0 Å². The monoisotopic (exact) mass is 136 g/mol. The van der Waals surface area contributed by atoms with Crippen molar-refractivity contribution in [1.29, 1.82) is 0 Å². The molecule has 1 heteroatoms. The van der Waals surface area contributed by atoms with Gasteiger partial charge in [0.15, 0.2) is 0 Å². The number of hydrogen-bond donors (Lipinski definition) is 0. The number of aldehydes is 1. The van der Waals surface area contributed by atoms with Crippen LogP contribution < -0.4 is 0 Å². The molecule has 1 nitrogen and oxygen atoms in total. The lowest BCUT2D eigenvalue weighted by molar-refractivity contribution is -0.105. The first kappa shape index (κ1) is 7.26. The molecule has 0 bridgehead atoms. The van der Waals surface area contributed by atoms with Crippen LogP contribution in [0.4, 0.5) is 0 Å². The standard InChI is InChI=1S/C9H12O/c1-7-3-4-9(6-10)5-8(7)2/h4,6H,3,5H2,1-2H3. The normalized spacial score (nSPS) is 18.8. The van der Waals surface area contributed by atoms with E-state index in [9.17, 15) is 4.79 Å². The molecule has 1 aliphatic carbocycles. The lowest BCUT2D eigenvalue weighted by Crippen LogP contribution is -1.95. The van der Waals surface area contributed by atoms with E-state index >= 15 is 0 Å². The molecule has 0 N–H and O–H groups in total. The fourth-order valence-electron chi connectivity index (χ4n) is 1.08. The summed E-state index contributed by atoms with van der Waals surface area (Å²) in [5, 5.41) is 0. The van der Waals surface area contributed by atoms with Gasteiger partial charge < -0.3 is 0 Å². The fraction of sp³-hybridized carbons (Fsp3) is 0.444. The maximum absolute atomic E-state index is 10.3. The van der Waals surface area contributed by atoms with Crippen LogP contribution in [0, 0.1) is 0 Å². The fourth-order valence-corrected chi connectivity index (χ4v) is 1.08. The van der Waals surface area contributed by atoms with Gasteiger partial charge in [-0.25, -0.2) is 0 Å². The lowest BCUT2D eigenvalue weighted by Gasteiger charge is -2.11. The van der Waals surface area contributed by atoms with Crippen molar-refractivity contribution in [2.24, 2.45) is 0 Å². The van der Waals surface area contributed by atoms with Gasteiger partial charge in [-0.3, -0.25) is 4.79 Å². The summed E-state index contributed by atoms with van der Waals surface area (Å²) in [5.41, 5.74) is 3.69. The molecule has 0 aromatic heterocycles. The quantitative estimate of drug-likeness (QED) is 0.399. The summed E-state index contributed by atoms with van der Waals surface area (Å²) in [6.45, 7) is 4.21. The highest BCUT2D eigenvalue weighted by Crippen LogP contribution is 2.21. The van der Waals surface area contributed by atoms with E-state index in [-0.39, 0.29) is 0 Å². The highest BCUT2D eigenvalue weighted by molar-refractivity contribution is 5.74. The summed E-state index contributed by atoms with van der Waals surface area (Å²) >= 11 is 0. The number of allylic oxidation sites excluding steroid dienone is 4. The van der Waals surface area contributed by atoms with Gasteiger partial charge in [0, 0.05) is 0 Å². The molecule has 0 aromatic carbocycles. The Kier molecular flexibility index (Phi) is 2.05. The molecule has 0 aromatic rings. The van der Waals surface area contributed by atoms with E-state index in [0.29, 0.717) is 0 Å². The third kappa shape index (κ3) is 1.35. The topological polar surface area (TPSA) is 17.1 Å². The Labute approximate surface area is 61.4 Å². The summed E-state index contributed by atoms with van der Waals surface area (Å²) in [6.07, 6.45) is 4.78. The van der Waals surface area contributed by atoms with Gasteiger partial charge in [0.05, 0.1) is 0 Å². The molecule has 0 spiro atoms. The minimum Gasteiger partial charge on any atom is -0.298 e. The Morgan fingerprint density at radius 3 is 2.60 bits per heavy atom. The predicted molar refractivity (Wildman–Crippen MR) is 41.8 cm³/mol. The van der Waals surface area contributed by atoms with Crippen LogP contribution in [0.1, 0.15) is 26.7 Å². The number of carbonyl (C=O) groups is 1. The molecule has 10 heavy (non-hydrogen) atoms. The molecule has 1 rings (SSSR count). The third-order valence-electron chi connectivity index (χ3n) is 2.02. The highest BCUT2D eigenvalue weighted by atomic mass is 16.1. The van der Waals surface area contributed by atoms with Crippen LogP contribution in [0.5, 0.6) is 0 Å². The van der Waals surface area contributed by atoms with Crippen LogP contribution in [-0.4, -0.2) is 6.29 Å². The average Bonchev–Trinajstić information content (AvgIpc) is 1.95. The second kappa shape index (κ2) is 2.82. The van der Waals surface area contributed by atoms with Crippen molar-refractivity contribution < 1.29 is 4.79 Å². The van der Waals surface area contributed by atoms with Gasteiger partial charge in [0.25, 0.3) is 0 Å². The van der Waals surface area contributed by atoms with E-state index < -0.39 is 0 Å². The van der Waals surface area contributed by atoms with Gasteiger partial charge in [-0.05, 0) is 32.3 Å². The smallest absolute Gasteiger partial charge is 0.146 e. The summed E-state index contributed by atoms with van der Waals surface area (Å²) < 4.78 is 0. The second-order valence-corrected chi connectivity index (χ2v) is 2.84. The number of hydrogen-bond acceptors (Lipinski definition) is 1. The molecule has 0 amide bonds. The van der Waals surface area contributed by atoms with Crippen molar-refractivity contribution in [3.63, 3.8) is 0 Å². The van der Waals surface area contributed by atoms with E-state index in [4.69, 9.17) is 0 Å². The molecule has 0 saturated carbocycles. The number of rotatable bonds is 1. The molecule has 1 aliphatic rings. The zero-order chi connectivity index (χ0) is 7.56. The zero-order valence-electron chi connectivity index (χ0n) is 6.48. The first-order chi connectivity index (χ1) is 4.74. The van der Waals surface area contributed by atoms with Crippen LogP contribution in [0.25, 0.3) is 0 Å². The van der Waals surface area contributed by atoms with Crippen LogP contribution in [0.3, 0.4) is 0 Å². The van der Waals surface area contributed by atoms with Crippen molar-refractivity contribution in [2.75, 3.05) is 0 Å². The van der Waals surface area contributed by atoms with E-state index in [0.717, 1.165) is 24.7 Å². The van der Waals surface area contributed by atoms with Crippen LogP contribution in [0.15, 0.2) is 22.8 Å². The lowest BCUT2D eigenvalue weighted by atomic mass is 9.94. The van der Waals surface area contributed by atoms with Gasteiger partial charge in [-0.2, -0.15) is 0 Å². The van der Waals surface area contributed by atoms with Gasteiger partial charge in [0.1, 0.15) is 6.29 Å². The van der Waals surface area contributed by atoms with Crippen molar-refractivity contribution in [2.45, 2.75) is 26.7 Å². The molecule has 0 unspecified atom stereocenters. The van der Waals surface area contributed by atoms with Crippen LogP contribution in [0.2, 0.25) is 0 Å². The summed E-state index contributed by atoms with van der Waals surface area (Å²) in [5.74, 6) is 0. The molecule has 0 radical (unpaired) electrons. The van der Waals surface area contributed by atoms with E-state index in [1.807, 2.05) is 6.08 Å². The first-order valence-electron chi connectivity index (χ1n) is 3.53.